The smallest absolute Gasteiger partial charge is 0.307 e. The maximum atomic E-state index is 12.0. The lowest BCUT2D eigenvalue weighted by molar-refractivity contribution is -0.145. The van der Waals surface area contributed by atoms with Crippen molar-refractivity contribution in [1.29, 1.82) is 0 Å². The van der Waals surface area contributed by atoms with E-state index in [1.165, 1.54) is 6.92 Å². The number of amides is 1. The van der Waals surface area contributed by atoms with E-state index in [2.05, 4.69) is 10.3 Å². The summed E-state index contributed by atoms with van der Waals surface area (Å²) in [7, 11) is 0. The van der Waals surface area contributed by atoms with Crippen molar-refractivity contribution >= 4 is 28.5 Å². The third-order valence-electron chi connectivity index (χ3n) is 3.41. The van der Waals surface area contributed by atoms with Crippen LogP contribution in [-0.4, -0.2) is 22.0 Å². The molecule has 2 N–H and O–H groups in total. The van der Waals surface area contributed by atoms with Crippen LogP contribution in [0.3, 0.4) is 0 Å². The number of hydrogen-bond acceptors (Lipinski definition) is 3. The van der Waals surface area contributed by atoms with Crippen LogP contribution in [0.15, 0.2) is 36.5 Å². The summed E-state index contributed by atoms with van der Waals surface area (Å²) in [6.07, 6.45) is 1.57. The molecule has 1 aromatic heterocycles. The predicted octanol–water partition coefficient (Wildman–Crippen LogP) is 2.53. The molecular weight excluding hydrogens is 256 g/mol. The van der Waals surface area contributed by atoms with E-state index in [1.807, 2.05) is 30.3 Å². The SMILES string of the molecule is CC(C(=O)O)C(C)C(=O)Nc1cnc2ccccc2c1. The Labute approximate surface area is 116 Å². The zero-order valence-corrected chi connectivity index (χ0v) is 11.3. The fraction of sp³-hybridized carbons (Fsp3) is 0.267. The van der Waals surface area contributed by atoms with E-state index >= 15 is 0 Å². The summed E-state index contributed by atoms with van der Waals surface area (Å²) < 4.78 is 0. The Bertz CT molecular complexity index is 654. The van der Waals surface area contributed by atoms with Crippen LogP contribution < -0.4 is 5.32 Å². The van der Waals surface area contributed by atoms with E-state index in [9.17, 15) is 9.59 Å². The molecule has 2 rings (SSSR count). The fourth-order valence-corrected chi connectivity index (χ4v) is 1.84. The van der Waals surface area contributed by atoms with Crippen molar-refractivity contribution < 1.29 is 14.7 Å². The minimum Gasteiger partial charge on any atom is -0.481 e. The predicted molar refractivity (Wildman–Crippen MR) is 76.3 cm³/mol. The van der Waals surface area contributed by atoms with Crippen molar-refractivity contribution in [1.82, 2.24) is 4.98 Å². The van der Waals surface area contributed by atoms with Gasteiger partial charge < -0.3 is 10.4 Å². The van der Waals surface area contributed by atoms with E-state index in [0.29, 0.717) is 5.69 Å². The van der Waals surface area contributed by atoms with Crippen molar-refractivity contribution in [2.45, 2.75) is 13.8 Å². The van der Waals surface area contributed by atoms with Gasteiger partial charge in [-0.1, -0.05) is 32.0 Å². The van der Waals surface area contributed by atoms with Gasteiger partial charge in [0.1, 0.15) is 0 Å². The number of fused-ring (bicyclic) bond motifs is 1. The van der Waals surface area contributed by atoms with Gasteiger partial charge in [0, 0.05) is 11.3 Å². The van der Waals surface area contributed by atoms with E-state index in [4.69, 9.17) is 5.11 Å². The average molecular weight is 272 g/mol. The number of aromatic nitrogens is 1. The number of anilines is 1. The summed E-state index contributed by atoms with van der Waals surface area (Å²) >= 11 is 0. The molecule has 0 saturated carbocycles. The number of nitrogens with zero attached hydrogens (tertiary/aromatic N) is 1. The number of para-hydroxylation sites is 1. The van der Waals surface area contributed by atoms with Gasteiger partial charge in [-0.15, -0.1) is 0 Å². The van der Waals surface area contributed by atoms with Gasteiger partial charge >= 0.3 is 5.97 Å². The first-order valence-corrected chi connectivity index (χ1v) is 6.37. The molecule has 1 aromatic carbocycles. The van der Waals surface area contributed by atoms with Crippen LogP contribution in [0.25, 0.3) is 10.9 Å². The molecule has 2 atom stereocenters. The molecule has 20 heavy (non-hydrogen) atoms. The van der Waals surface area contributed by atoms with Crippen molar-refractivity contribution in [3.63, 3.8) is 0 Å². The molecule has 0 fully saturated rings. The summed E-state index contributed by atoms with van der Waals surface area (Å²) in [5.41, 5.74) is 1.41. The first-order valence-electron chi connectivity index (χ1n) is 6.37. The quantitative estimate of drug-likeness (QED) is 0.896. The molecule has 0 spiro atoms. The number of rotatable bonds is 4. The van der Waals surface area contributed by atoms with E-state index in [1.54, 1.807) is 13.1 Å². The molecule has 5 heteroatoms. The average Bonchev–Trinajstić information content (AvgIpc) is 2.45. The van der Waals surface area contributed by atoms with Gasteiger partial charge in [0.2, 0.25) is 5.91 Å². The topological polar surface area (TPSA) is 79.3 Å². The minimum absolute atomic E-state index is 0.322. The van der Waals surface area contributed by atoms with Gasteiger partial charge in [0.15, 0.2) is 0 Å². The summed E-state index contributed by atoms with van der Waals surface area (Å²) in [5.74, 6) is -2.65. The molecule has 0 aliphatic heterocycles. The van der Waals surface area contributed by atoms with Crippen molar-refractivity contribution in [3.8, 4) is 0 Å². The van der Waals surface area contributed by atoms with Gasteiger partial charge in [-0.05, 0) is 12.1 Å². The summed E-state index contributed by atoms with van der Waals surface area (Å²) in [5, 5.41) is 12.5. The van der Waals surface area contributed by atoms with Gasteiger partial charge in [-0.2, -0.15) is 0 Å². The maximum absolute atomic E-state index is 12.0. The molecule has 0 bridgehead atoms. The maximum Gasteiger partial charge on any atom is 0.307 e. The number of pyridine rings is 1. The summed E-state index contributed by atoms with van der Waals surface area (Å²) in [6.45, 7) is 3.12. The highest BCUT2D eigenvalue weighted by molar-refractivity contribution is 5.96. The number of nitrogens with one attached hydrogen (secondary N) is 1. The Balaban J connectivity index is 2.15. The van der Waals surface area contributed by atoms with E-state index in [-0.39, 0.29) is 5.91 Å². The van der Waals surface area contributed by atoms with Crippen LogP contribution in [0.5, 0.6) is 0 Å². The molecule has 0 saturated heterocycles. The Hall–Kier alpha value is -2.43. The standard InChI is InChI=1S/C15H16N2O3/c1-9(10(2)15(19)20)14(18)17-12-7-11-5-3-4-6-13(11)16-8-12/h3-10H,1-2H3,(H,17,18)(H,19,20). The highest BCUT2D eigenvalue weighted by Crippen LogP contribution is 2.18. The van der Waals surface area contributed by atoms with Gasteiger partial charge in [-0.3, -0.25) is 14.6 Å². The molecule has 0 radical (unpaired) electrons. The molecule has 5 nitrogen and oxygen atoms in total. The highest BCUT2D eigenvalue weighted by Gasteiger charge is 2.25. The fourth-order valence-electron chi connectivity index (χ4n) is 1.84. The monoisotopic (exact) mass is 272 g/mol. The number of carboxylic acid groups (broad SMARTS) is 1. The minimum atomic E-state index is -0.982. The second-order valence-corrected chi connectivity index (χ2v) is 4.82. The number of carbonyl (C=O) groups excluding carboxylic acids is 1. The first kappa shape index (κ1) is 14.0. The first-order chi connectivity index (χ1) is 9.49. The van der Waals surface area contributed by atoms with Gasteiger partial charge in [0.25, 0.3) is 0 Å². The Kier molecular flexibility index (Phi) is 3.98. The summed E-state index contributed by atoms with van der Waals surface area (Å²) in [4.78, 5) is 27.1. The van der Waals surface area contributed by atoms with Crippen LogP contribution in [0.1, 0.15) is 13.8 Å². The lowest BCUT2D eigenvalue weighted by Crippen LogP contribution is -2.29. The van der Waals surface area contributed by atoms with Crippen molar-refractivity contribution in [3.05, 3.63) is 36.5 Å². The van der Waals surface area contributed by atoms with Crippen LogP contribution in [-0.2, 0) is 9.59 Å². The van der Waals surface area contributed by atoms with Crippen LogP contribution in [0.2, 0.25) is 0 Å². The van der Waals surface area contributed by atoms with Crippen molar-refractivity contribution in [2.75, 3.05) is 5.32 Å². The Morgan fingerprint density at radius 3 is 2.60 bits per heavy atom. The molecule has 2 unspecified atom stereocenters. The van der Waals surface area contributed by atoms with E-state index in [0.717, 1.165) is 10.9 Å². The number of carbonyl (C=O) groups is 2. The molecule has 0 aliphatic rings. The van der Waals surface area contributed by atoms with Crippen LogP contribution in [0, 0.1) is 11.8 Å². The Morgan fingerprint density at radius 2 is 1.90 bits per heavy atom. The molecule has 0 aliphatic carbocycles. The second kappa shape index (κ2) is 5.69. The molecule has 1 amide bonds. The zero-order valence-electron chi connectivity index (χ0n) is 11.3. The highest BCUT2D eigenvalue weighted by atomic mass is 16.4. The third-order valence-corrected chi connectivity index (χ3v) is 3.41. The number of hydrogen-bond donors (Lipinski definition) is 2. The lowest BCUT2D eigenvalue weighted by Gasteiger charge is -2.15. The normalized spacial score (nSPS) is 13.7. The molecule has 2 aromatic rings. The van der Waals surface area contributed by atoms with Gasteiger partial charge in [0.05, 0.1) is 23.3 Å². The number of carboxylic acids is 1. The lowest BCUT2D eigenvalue weighted by atomic mass is 9.95. The third kappa shape index (κ3) is 2.93. The van der Waals surface area contributed by atoms with E-state index < -0.39 is 17.8 Å². The molecular formula is C15H16N2O3. The molecule has 104 valence electrons. The van der Waals surface area contributed by atoms with Gasteiger partial charge in [-0.25, -0.2) is 0 Å². The summed E-state index contributed by atoms with van der Waals surface area (Å²) in [6, 6.07) is 9.39. The number of aliphatic carboxylic acids is 1. The second-order valence-electron chi connectivity index (χ2n) is 4.82. The zero-order chi connectivity index (χ0) is 14.7. The number of benzene rings is 1. The van der Waals surface area contributed by atoms with Crippen LogP contribution in [0.4, 0.5) is 5.69 Å². The Morgan fingerprint density at radius 1 is 1.20 bits per heavy atom. The largest absolute Gasteiger partial charge is 0.481 e. The van der Waals surface area contributed by atoms with Crippen molar-refractivity contribution in [2.24, 2.45) is 11.8 Å². The molecule has 1 heterocycles. The van der Waals surface area contributed by atoms with Crippen LogP contribution >= 0.6 is 0 Å².